The molecule has 3 heterocycles. The van der Waals surface area contributed by atoms with Gasteiger partial charge in [0.05, 0.1) is 43.3 Å². The molecule has 0 bridgehead atoms. The molecule has 6 atom stereocenters. The third kappa shape index (κ3) is 8.56. The summed E-state index contributed by atoms with van der Waals surface area (Å²) in [6.07, 6.45) is 1.08. The topological polar surface area (TPSA) is 192 Å². The van der Waals surface area contributed by atoms with E-state index in [1.165, 1.54) is 11.0 Å². The van der Waals surface area contributed by atoms with E-state index >= 15 is 0 Å². The molecular weight excluding hydrogens is 755 g/mol. The molecule has 2 saturated heterocycles. The minimum Gasteiger partial charge on any atom is -0.497 e. The number of sulfonamides is 1. The summed E-state index contributed by atoms with van der Waals surface area (Å²) in [4.78, 5) is 62.1. The second-order valence-electron chi connectivity index (χ2n) is 16.3. The van der Waals surface area contributed by atoms with Gasteiger partial charge in [-0.15, -0.1) is 6.58 Å². The molecule has 16 heteroatoms. The third-order valence-electron chi connectivity index (χ3n) is 11.0. The van der Waals surface area contributed by atoms with Gasteiger partial charge >= 0.3 is 6.09 Å². The van der Waals surface area contributed by atoms with Gasteiger partial charge in [0.2, 0.25) is 21.8 Å². The molecule has 1 unspecified atom stereocenters. The normalized spacial score (nSPS) is 24.9. The van der Waals surface area contributed by atoms with Gasteiger partial charge < -0.3 is 34.5 Å². The molecule has 3 N–H and O–H groups in total. The number of carbonyl (C=O) groups is 4. The molecule has 2 saturated carbocycles. The lowest BCUT2D eigenvalue weighted by atomic mass is 9.85. The van der Waals surface area contributed by atoms with Crippen LogP contribution in [0.1, 0.15) is 52.9 Å². The number of fused-ring (bicyclic) bond motifs is 1. The van der Waals surface area contributed by atoms with Crippen LogP contribution in [-0.2, 0) is 33.9 Å². The van der Waals surface area contributed by atoms with Crippen molar-refractivity contribution >= 4 is 44.7 Å². The highest BCUT2D eigenvalue weighted by atomic mass is 32.2. The van der Waals surface area contributed by atoms with Crippen molar-refractivity contribution in [3.8, 4) is 22.8 Å². The molecular formula is C41H49N5O10S. The van der Waals surface area contributed by atoms with E-state index in [4.69, 9.17) is 23.9 Å². The smallest absolute Gasteiger partial charge is 0.408 e. The Morgan fingerprint density at radius 3 is 2.44 bits per heavy atom. The largest absolute Gasteiger partial charge is 0.497 e. The molecule has 7 rings (SSSR count). The van der Waals surface area contributed by atoms with Gasteiger partial charge in [0.15, 0.2) is 0 Å². The van der Waals surface area contributed by atoms with Crippen molar-refractivity contribution in [2.45, 2.75) is 88.0 Å². The van der Waals surface area contributed by atoms with E-state index in [-0.39, 0.29) is 26.0 Å². The number of rotatable bonds is 13. The summed E-state index contributed by atoms with van der Waals surface area (Å²) in [5.41, 5.74) is -0.332. The lowest BCUT2D eigenvalue weighted by Crippen LogP contribution is -2.60. The van der Waals surface area contributed by atoms with E-state index in [0.29, 0.717) is 54.0 Å². The molecule has 4 fully saturated rings. The van der Waals surface area contributed by atoms with Gasteiger partial charge in [-0.3, -0.25) is 19.1 Å². The highest BCUT2D eigenvalue weighted by Gasteiger charge is 2.62. The highest BCUT2D eigenvalue weighted by molar-refractivity contribution is 7.91. The predicted molar refractivity (Wildman–Crippen MR) is 210 cm³/mol. The number of alkyl carbamates (subject to hydrolysis) is 1. The molecule has 304 valence electrons. The Hall–Kier alpha value is -5.22. The Morgan fingerprint density at radius 1 is 1.05 bits per heavy atom. The van der Waals surface area contributed by atoms with Crippen LogP contribution in [0.5, 0.6) is 11.5 Å². The summed E-state index contributed by atoms with van der Waals surface area (Å²) in [6.45, 7) is 9.80. The molecule has 15 nitrogen and oxygen atoms in total. The Bertz CT molecular complexity index is 2170. The zero-order valence-corrected chi connectivity index (χ0v) is 33.3. The van der Waals surface area contributed by atoms with Gasteiger partial charge in [-0.05, 0) is 36.8 Å². The van der Waals surface area contributed by atoms with Crippen LogP contribution >= 0.6 is 0 Å². The van der Waals surface area contributed by atoms with Gasteiger partial charge in [0, 0.05) is 41.8 Å². The van der Waals surface area contributed by atoms with E-state index in [1.54, 1.807) is 40.0 Å². The second kappa shape index (κ2) is 15.6. The Kier molecular flexibility index (Phi) is 11.0. The predicted octanol–water partition coefficient (Wildman–Crippen LogP) is 3.86. The summed E-state index contributed by atoms with van der Waals surface area (Å²) in [5.74, 6) is -1.57. The standard InChI is InChI=1S/C41H49N5O10S/c1-6-25-21-41(25,38(49)45-57(51,52)29-13-14-29)44-36(47)33-19-28(22-46(33)37(48)35(40(2,3)4)43-39(50)56-27-16-17-54-23-27)55-34-20-31(24-10-8-7-9-11-24)42-32-18-26(53-5)12-15-30(32)34/h6-12,15,18,20,25,27-29,33,35H,1,13-14,16-17,19,21-23H2,2-5H3,(H,43,50)(H,44,47)(H,45,49)/t25?,27-,28+,33-,35+,41+/m0/s1. The number of nitrogens with zero attached hydrogens (tertiary/aromatic N) is 2. The Morgan fingerprint density at radius 2 is 1.81 bits per heavy atom. The van der Waals surface area contributed by atoms with E-state index in [2.05, 4.69) is 21.9 Å². The maximum absolute atomic E-state index is 14.7. The summed E-state index contributed by atoms with van der Waals surface area (Å²) in [5, 5.41) is 5.57. The lowest BCUT2D eigenvalue weighted by Gasteiger charge is -2.35. The summed E-state index contributed by atoms with van der Waals surface area (Å²) >= 11 is 0. The molecule has 1 aromatic heterocycles. The lowest BCUT2D eigenvalue weighted by molar-refractivity contribution is -0.143. The number of likely N-dealkylation sites (tertiary alicyclic amines) is 1. The first-order valence-electron chi connectivity index (χ1n) is 19.2. The zero-order valence-electron chi connectivity index (χ0n) is 32.5. The fourth-order valence-corrected chi connectivity index (χ4v) is 8.82. The van der Waals surface area contributed by atoms with E-state index in [0.717, 1.165) is 5.56 Å². The van der Waals surface area contributed by atoms with Gasteiger partial charge in [-0.2, -0.15) is 0 Å². The number of methoxy groups -OCH3 is 1. The van der Waals surface area contributed by atoms with Crippen molar-refractivity contribution < 1.29 is 46.5 Å². The van der Waals surface area contributed by atoms with Crippen molar-refractivity contribution in [2.24, 2.45) is 11.3 Å². The maximum Gasteiger partial charge on any atom is 0.408 e. The van der Waals surface area contributed by atoms with Crippen LogP contribution in [0.15, 0.2) is 67.3 Å². The summed E-state index contributed by atoms with van der Waals surface area (Å²) < 4.78 is 50.8. The van der Waals surface area contributed by atoms with E-state index in [9.17, 15) is 27.6 Å². The van der Waals surface area contributed by atoms with Crippen LogP contribution in [0.3, 0.4) is 0 Å². The van der Waals surface area contributed by atoms with Crippen molar-refractivity contribution in [1.82, 2.24) is 25.2 Å². The van der Waals surface area contributed by atoms with Crippen LogP contribution in [0, 0.1) is 11.3 Å². The summed E-state index contributed by atoms with van der Waals surface area (Å²) in [6, 6.07) is 14.5. The summed E-state index contributed by atoms with van der Waals surface area (Å²) in [7, 11) is -2.35. The van der Waals surface area contributed by atoms with Crippen molar-refractivity contribution in [2.75, 3.05) is 26.9 Å². The molecule has 2 aromatic carbocycles. The molecule has 57 heavy (non-hydrogen) atoms. The molecule has 0 radical (unpaired) electrons. The average Bonchev–Trinajstić information content (AvgIpc) is 4.06. The quantitative estimate of drug-likeness (QED) is 0.213. The van der Waals surface area contributed by atoms with Gasteiger partial charge in [-0.25, -0.2) is 18.2 Å². The van der Waals surface area contributed by atoms with Gasteiger partial charge in [0.1, 0.15) is 41.3 Å². The number of nitrogens with one attached hydrogen (secondary N) is 3. The molecule has 3 aromatic rings. The van der Waals surface area contributed by atoms with Crippen molar-refractivity contribution in [3.05, 3.63) is 67.3 Å². The van der Waals surface area contributed by atoms with Gasteiger partial charge in [0.25, 0.3) is 5.91 Å². The minimum atomic E-state index is -3.92. The SMILES string of the molecule is C=CC1C[C@]1(NC(=O)[C@@H]1C[C@@H](Oc2cc(-c3ccccc3)nc3cc(OC)ccc23)CN1C(=O)[C@@H](NC(=O)O[C@H]1CCOC1)C(C)(C)C)C(=O)NS(=O)(=O)C1CC1. The third-order valence-corrected chi connectivity index (χ3v) is 12.8. The second-order valence-corrected chi connectivity index (χ2v) is 18.2. The molecule has 4 aliphatic rings. The van der Waals surface area contributed by atoms with Gasteiger partial charge in [-0.1, -0.05) is 57.2 Å². The monoisotopic (exact) mass is 803 g/mol. The Labute approximate surface area is 331 Å². The zero-order chi connectivity index (χ0) is 40.7. The van der Waals surface area contributed by atoms with Crippen LogP contribution in [0.2, 0.25) is 0 Å². The fraction of sp³-hybridized carbons (Fsp3) is 0.488. The molecule has 2 aliphatic heterocycles. The highest BCUT2D eigenvalue weighted by Crippen LogP contribution is 2.46. The van der Waals surface area contributed by atoms with Crippen LogP contribution in [-0.4, -0.2) is 104 Å². The number of amides is 4. The number of pyridine rings is 1. The van der Waals surface area contributed by atoms with Crippen LogP contribution < -0.4 is 24.8 Å². The average molecular weight is 804 g/mol. The Balaban J connectivity index is 1.20. The first-order chi connectivity index (χ1) is 27.1. The fourth-order valence-electron chi connectivity index (χ4n) is 7.45. The maximum atomic E-state index is 14.7. The molecule has 2 aliphatic carbocycles. The number of benzene rings is 2. The first-order valence-corrected chi connectivity index (χ1v) is 20.7. The number of hydrogen-bond donors (Lipinski definition) is 3. The number of carbonyl (C=O) groups excluding carboxylic acids is 4. The number of ether oxygens (including phenoxy) is 4. The minimum absolute atomic E-state index is 0.00969. The van der Waals surface area contributed by atoms with Crippen molar-refractivity contribution in [1.29, 1.82) is 0 Å². The number of hydrogen-bond acceptors (Lipinski definition) is 11. The number of aromatic nitrogens is 1. The van der Waals surface area contributed by atoms with Crippen LogP contribution in [0.4, 0.5) is 4.79 Å². The molecule has 4 amide bonds. The van der Waals surface area contributed by atoms with E-state index in [1.807, 2.05) is 42.5 Å². The molecule has 0 spiro atoms. The van der Waals surface area contributed by atoms with Crippen LogP contribution in [0.25, 0.3) is 22.2 Å². The first kappa shape index (κ1) is 40.0. The van der Waals surface area contributed by atoms with Crippen molar-refractivity contribution in [3.63, 3.8) is 0 Å². The van der Waals surface area contributed by atoms with E-state index < -0.39 is 80.3 Å².